The lowest BCUT2D eigenvalue weighted by atomic mass is 10.0. The lowest BCUT2D eigenvalue weighted by Gasteiger charge is -2.05. The highest BCUT2D eigenvalue weighted by molar-refractivity contribution is 7.14. The van der Waals surface area contributed by atoms with Gasteiger partial charge in [-0.1, -0.05) is 36.4 Å². The second-order valence-electron chi connectivity index (χ2n) is 4.74. The molecule has 23 heavy (non-hydrogen) atoms. The highest BCUT2D eigenvalue weighted by Gasteiger charge is 2.15. The minimum Gasteiger partial charge on any atom is -0.461 e. The first-order chi connectivity index (χ1) is 11.2. The Labute approximate surface area is 136 Å². The number of rotatable bonds is 4. The number of anilines is 1. The Balaban J connectivity index is 1.83. The van der Waals surface area contributed by atoms with Gasteiger partial charge in [-0.05, 0) is 23.8 Å². The molecule has 0 spiro atoms. The number of carbonyl (C=O) groups is 2. The first-order valence-corrected chi connectivity index (χ1v) is 7.98. The van der Waals surface area contributed by atoms with Crippen molar-refractivity contribution >= 4 is 39.1 Å². The van der Waals surface area contributed by atoms with Gasteiger partial charge in [0.15, 0.2) is 10.8 Å². The van der Waals surface area contributed by atoms with Crippen LogP contribution < -0.4 is 5.32 Å². The monoisotopic (exact) mass is 326 g/mol. The van der Waals surface area contributed by atoms with Crippen molar-refractivity contribution in [1.82, 2.24) is 4.98 Å². The van der Waals surface area contributed by atoms with Crippen molar-refractivity contribution in [3.8, 4) is 0 Å². The predicted molar refractivity (Wildman–Crippen MR) is 90.0 cm³/mol. The van der Waals surface area contributed by atoms with E-state index in [0.717, 1.165) is 10.8 Å². The molecule has 1 heterocycles. The molecule has 2 aromatic carbocycles. The molecule has 0 aliphatic carbocycles. The molecular formula is C17H14N2O3S. The van der Waals surface area contributed by atoms with E-state index in [0.29, 0.717) is 10.7 Å². The molecule has 0 aliphatic heterocycles. The van der Waals surface area contributed by atoms with Crippen molar-refractivity contribution < 1.29 is 14.3 Å². The zero-order valence-electron chi connectivity index (χ0n) is 12.4. The molecule has 0 atom stereocenters. The van der Waals surface area contributed by atoms with Crippen LogP contribution in [0.2, 0.25) is 0 Å². The Morgan fingerprint density at radius 3 is 2.78 bits per heavy atom. The van der Waals surface area contributed by atoms with E-state index in [1.807, 2.05) is 36.4 Å². The fourth-order valence-electron chi connectivity index (χ4n) is 2.22. The molecule has 6 heteroatoms. The molecule has 3 rings (SSSR count). The summed E-state index contributed by atoms with van der Waals surface area (Å²) in [6, 6.07) is 13.2. The van der Waals surface area contributed by atoms with Gasteiger partial charge in [-0.2, -0.15) is 0 Å². The van der Waals surface area contributed by atoms with Crippen molar-refractivity contribution in [2.24, 2.45) is 0 Å². The first-order valence-electron chi connectivity index (χ1n) is 7.11. The third-order valence-corrected chi connectivity index (χ3v) is 4.00. The molecule has 0 fully saturated rings. The van der Waals surface area contributed by atoms with E-state index in [-0.39, 0.29) is 18.2 Å². The molecule has 0 saturated heterocycles. The molecule has 1 N–H and O–H groups in total. The van der Waals surface area contributed by atoms with Crippen LogP contribution in [0.15, 0.2) is 47.8 Å². The summed E-state index contributed by atoms with van der Waals surface area (Å²) in [7, 11) is 0. The maximum absolute atomic E-state index is 12.5. The number of nitrogens with zero attached hydrogens (tertiary/aromatic N) is 1. The van der Waals surface area contributed by atoms with Gasteiger partial charge in [-0.15, -0.1) is 11.3 Å². The predicted octanol–water partition coefficient (Wildman–Crippen LogP) is 3.73. The normalized spacial score (nSPS) is 10.5. The van der Waals surface area contributed by atoms with Gasteiger partial charge in [0.25, 0.3) is 5.91 Å². The molecule has 1 aromatic heterocycles. The van der Waals surface area contributed by atoms with Crippen LogP contribution in [-0.2, 0) is 4.74 Å². The molecule has 0 aliphatic rings. The maximum Gasteiger partial charge on any atom is 0.357 e. The Hall–Kier alpha value is -2.73. The molecule has 0 saturated carbocycles. The van der Waals surface area contributed by atoms with Crippen LogP contribution in [-0.4, -0.2) is 23.5 Å². The van der Waals surface area contributed by atoms with Gasteiger partial charge in [-0.25, -0.2) is 9.78 Å². The number of amides is 1. The van der Waals surface area contributed by atoms with Gasteiger partial charge in [0.2, 0.25) is 0 Å². The second-order valence-corrected chi connectivity index (χ2v) is 5.60. The molecule has 0 unspecified atom stereocenters. The Bertz CT molecular complexity index is 868. The molecule has 0 radical (unpaired) electrons. The lowest BCUT2D eigenvalue weighted by Crippen LogP contribution is -2.12. The van der Waals surface area contributed by atoms with Crippen LogP contribution >= 0.6 is 11.3 Å². The Morgan fingerprint density at radius 2 is 1.96 bits per heavy atom. The fraction of sp³-hybridized carbons (Fsp3) is 0.118. The smallest absolute Gasteiger partial charge is 0.357 e. The SMILES string of the molecule is CCOC(=O)c1csc(NC(=O)c2cccc3ccccc23)n1. The lowest BCUT2D eigenvalue weighted by molar-refractivity contribution is 0.0520. The molecule has 1 amide bonds. The number of nitrogens with one attached hydrogen (secondary N) is 1. The summed E-state index contributed by atoms with van der Waals surface area (Å²) < 4.78 is 4.88. The van der Waals surface area contributed by atoms with Crippen LogP contribution in [0.4, 0.5) is 5.13 Å². The molecule has 5 nitrogen and oxygen atoms in total. The standard InChI is InChI=1S/C17H14N2O3S/c1-2-22-16(21)14-10-23-17(18-14)19-15(20)13-9-5-7-11-6-3-4-8-12(11)13/h3-10H,2H2,1H3,(H,18,19,20). The average molecular weight is 326 g/mol. The summed E-state index contributed by atoms with van der Waals surface area (Å²) >= 11 is 1.19. The van der Waals surface area contributed by atoms with E-state index in [9.17, 15) is 9.59 Å². The topological polar surface area (TPSA) is 68.3 Å². The van der Waals surface area contributed by atoms with E-state index >= 15 is 0 Å². The molecule has 116 valence electrons. The highest BCUT2D eigenvalue weighted by atomic mass is 32.1. The van der Waals surface area contributed by atoms with Gasteiger partial charge in [0.05, 0.1) is 6.61 Å². The third-order valence-electron chi connectivity index (χ3n) is 3.24. The Kier molecular flexibility index (Phi) is 4.34. The Morgan fingerprint density at radius 1 is 1.17 bits per heavy atom. The van der Waals surface area contributed by atoms with Crippen LogP contribution in [0.1, 0.15) is 27.8 Å². The number of carbonyl (C=O) groups excluding carboxylic acids is 2. The number of hydrogen-bond donors (Lipinski definition) is 1. The number of ether oxygens (including phenoxy) is 1. The number of benzene rings is 2. The summed E-state index contributed by atoms with van der Waals surface area (Å²) in [5, 5.41) is 6.52. The van der Waals surface area contributed by atoms with Crippen LogP contribution in [0.25, 0.3) is 10.8 Å². The van der Waals surface area contributed by atoms with E-state index in [4.69, 9.17) is 4.74 Å². The van der Waals surface area contributed by atoms with Crippen molar-refractivity contribution in [2.45, 2.75) is 6.92 Å². The van der Waals surface area contributed by atoms with E-state index in [2.05, 4.69) is 10.3 Å². The van der Waals surface area contributed by atoms with Gasteiger partial charge in [0.1, 0.15) is 0 Å². The molecule has 0 bridgehead atoms. The van der Waals surface area contributed by atoms with Crippen LogP contribution in [0, 0.1) is 0 Å². The van der Waals surface area contributed by atoms with Gasteiger partial charge in [-0.3, -0.25) is 10.1 Å². The molecular weight excluding hydrogens is 312 g/mol. The number of esters is 1. The second kappa shape index (κ2) is 6.58. The summed E-state index contributed by atoms with van der Waals surface area (Å²) in [5.74, 6) is -0.749. The zero-order chi connectivity index (χ0) is 16.2. The summed E-state index contributed by atoms with van der Waals surface area (Å²) in [4.78, 5) is 28.2. The summed E-state index contributed by atoms with van der Waals surface area (Å²) in [6.45, 7) is 2.02. The quantitative estimate of drug-likeness (QED) is 0.742. The average Bonchev–Trinajstić information content (AvgIpc) is 3.03. The summed E-state index contributed by atoms with van der Waals surface area (Å²) in [5.41, 5.74) is 0.765. The van der Waals surface area contributed by atoms with Gasteiger partial charge >= 0.3 is 5.97 Å². The van der Waals surface area contributed by atoms with E-state index < -0.39 is 5.97 Å². The number of thiazole rings is 1. The van der Waals surface area contributed by atoms with Gasteiger partial charge < -0.3 is 4.74 Å². The number of hydrogen-bond acceptors (Lipinski definition) is 5. The minimum absolute atomic E-state index is 0.199. The van der Waals surface area contributed by atoms with E-state index in [1.165, 1.54) is 11.3 Å². The van der Waals surface area contributed by atoms with Crippen LogP contribution in [0.3, 0.4) is 0 Å². The van der Waals surface area contributed by atoms with E-state index in [1.54, 1.807) is 18.4 Å². The fourth-order valence-corrected chi connectivity index (χ4v) is 2.89. The summed E-state index contributed by atoms with van der Waals surface area (Å²) in [6.07, 6.45) is 0. The largest absolute Gasteiger partial charge is 0.461 e. The van der Waals surface area contributed by atoms with Crippen molar-refractivity contribution in [2.75, 3.05) is 11.9 Å². The van der Waals surface area contributed by atoms with Crippen molar-refractivity contribution in [3.63, 3.8) is 0 Å². The van der Waals surface area contributed by atoms with Crippen molar-refractivity contribution in [3.05, 3.63) is 59.1 Å². The number of aromatic nitrogens is 1. The van der Waals surface area contributed by atoms with Crippen LogP contribution in [0.5, 0.6) is 0 Å². The maximum atomic E-state index is 12.5. The minimum atomic E-state index is -0.491. The van der Waals surface area contributed by atoms with Crippen molar-refractivity contribution in [1.29, 1.82) is 0 Å². The third kappa shape index (κ3) is 3.22. The first kappa shape index (κ1) is 15.2. The van der Waals surface area contributed by atoms with Gasteiger partial charge in [0, 0.05) is 10.9 Å². The zero-order valence-corrected chi connectivity index (χ0v) is 13.2. The molecule has 3 aromatic rings. The highest BCUT2D eigenvalue weighted by Crippen LogP contribution is 2.21. The number of fused-ring (bicyclic) bond motifs is 1.